The van der Waals surface area contributed by atoms with Gasteiger partial charge in [0.1, 0.15) is 5.69 Å². The lowest BCUT2D eigenvalue weighted by Crippen LogP contribution is -2.28. The van der Waals surface area contributed by atoms with Crippen LogP contribution in [0.3, 0.4) is 0 Å². The highest BCUT2D eigenvalue weighted by Gasteiger charge is 2.12. The maximum Gasteiger partial charge on any atom is 0.287 e. The van der Waals surface area contributed by atoms with Crippen LogP contribution >= 0.6 is 0 Å². The standard InChI is InChI=1S/C9H11N3O2/c1-3-7-6-11-8(12(7)2)9(14)10-4-5-13/h1,6,13H,4-5H2,2H3,(H,10,14). The van der Waals surface area contributed by atoms with Gasteiger partial charge in [0.05, 0.1) is 12.8 Å². The van der Waals surface area contributed by atoms with E-state index in [9.17, 15) is 4.79 Å². The van der Waals surface area contributed by atoms with E-state index in [4.69, 9.17) is 11.5 Å². The molecule has 1 aromatic heterocycles. The Labute approximate surface area is 81.8 Å². The van der Waals surface area contributed by atoms with Crippen LogP contribution in [0.2, 0.25) is 0 Å². The molecule has 0 spiro atoms. The lowest BCUT2D eigenvalue weighted by Gasteiger charge is -2.02. The molecule has 1 amide bonds. The molecule has 0 aliphatic carbocycles. The zero-order chi connectivity index (χ0) is 10.6. The number of nitrogens with one attached hydrogen (secondary N) is 1. The summed E-state index contributed by atoms with van der Waals surface area (Å²) < 4.78 is 1.52. The van der Waals surface area contributed by atoms with Crippen LogP contribution in [0, 0.1) is 12.3 Å². The molecule has 14 heavy (non-hydrogen) atoms. The molecule has 1 aromatic rings. The van der Waals surface area contributed by atoms with Crippen molar-refractivity contribution in [2.24, 2.45) is 7.05 Å². The molecule has 5 heteroatoms. The van der Waals surface area contributed by atoms with E-state index in [1.54, 1.807) is 7.05 Å². The second kappa shape index (κ2) is 4.44. The normalized spacial score (nSPS) is 9.50. The Hall–Kier alpha value is -1.80. The molecule has 0 fully saturated rings. The van der Waals surface area contributed by atoms with Crippen molar-refractivity contribution in [2.75, 3.05) is 13.2 Å². The van der Waals surface area contributed by atoms with E-state index in [1.807, 2.05) is 0 Å². The summed E-state index contributed by atoms with van der Waals surface area (Å²) in [5.74, 6) is 2.30. The van der Waals surface area contributed by atoms with E-state index >= 15 is 0 Å². The van der Waals surface area contributed by atoms with Crippen LogP contribution in [0.5, 0.6) is 0 Å². The van der Waals surface area contributed by atoms with Gasteiger partial charge in [-0.25, -0.2) is 4.98 Å². The van der Waals surface area contributed by atoms with Crippen LogP contribution in [0.25, 0.3) is 0 Å². The van der Waals surface area contributed by atoms with Crippen LogP contribution in [0.4, 0.5) is 0 Å². The number of hydrogen-bond acceptors (Lipinski definition) is 3. The molecule has 0 atom stereocenters. The van der Waals surface area contributed by atoms with Gasteiger partial charge in [0.25, 0.3) is 5.91 Å². The second-order valence-corrected chi connectivity index (χ2v) is 2.65. The molecule has 0 bridgehead atoms. The van der Waals surface area contributed by atoms with Crippen molar-refractivity contribution in [3.8, 4) is 12.3 Å². The van der Waals surface area contributed by atoms with Crippen LogP contribution in [-0.2, 0) is 7.05 Å². The van der Waals surface area contributed by atoms with E-state index in [1.165, 1.54) is 10.8 Å². The molecule has 0 unspecified atom stereocenters. The second-order valence-electron chi connectivity index (χ2n) is 2.65. The zero-order valence-corrected chi connectivity index (χ0v) is 7.82. The van der Waals surface area contributed by atoms with Gasteiger partial charge in [-0.3, -0.25) is 4.79 Å². The zero-order valence-electron chi connectivity index (χ0n) is 7.82. The largest absolute Gasteiger partial charge is 0.395 e. The Morgan fingerprint density at radius 3 is 3.07 bits per heavy atom. The lowest BCUT2D eigenvalue weighted by molar-refractivity contribution is 0.0931. The SMILES string of the molecule is C#Cc1cnc(C(=O)NCCO)n1C. The first kappa shape index (κ1) is 10.3. The van der Waals surface area contributed by atoms with E-state index in [0.29, 0.717) is 5.69 Å². The molecule has 2 N–H and O–H groups in total. The molecule has 0 radical (unpaired) electrons. The Balaban J connectivity index is 2.81. The number of aliphatic hydroxyl groups excluding tert-OH is 1. The summed E-state index contributed by atoms with van der Waals surface area (Å²) in [4.78, 5) is 15.2. The van der Waals surface area contributed by atoms with Gasteiger partial charge in [-0.2, -0.15) is 0 Å². The van der Waals surface area contributed by atoms with Crippen molar-refractivity contribution < 1.29 is 9.90 Å². The van der Waals surface area contributed by atoms with Gasteiger partial charge in [0.15, 0.2) is 5.82 Å². The van der Waals surface area contributed by atoms with Crippen molar-refractivity contribution in [3.63, 3.8) is 0 Å². The van der Waals surface area contributed by atoms with Crippen molar-refractivity contribution in [1.29, 1.82) is 0 Å². The Morgan fingerprint density at radius 1 is 1.86 bits per heavy atom. The van der Waals surface area contributed by atoms with E-state index < -0.39 is 0 Å². The van der Waals surface area contributed by atoms with Gasteiger partial charge in [0.2, 0.25) is 0 Å². The summed E-state index contributed by atoms with van der Waals surface area (Å²) in [5.41, 5.74) is 0.541. The molecule has 0 saturated carbocycles. The average Bonchev–Trinajstić information content (AvgIpc) is 2.56. The number of amides is 1. The van der Waals surface area contributed by atoms with Gasteiger partial charge in [-0.15, -0.1) is 6.42 Å². The highest BCUT2D eigenvalue weighted by atomic mass is 16.3. The number of carbonyl (C=O) groups is 1. The highest BCUT2D eigenvalue weighted by Crippen LogP contribution is 2.00. The topological polar surface area (TPSA) is 67.2 Å². The Morgan fingerprint density at radius 2 is 2.57 bits per heavy atom. The molecule has 5 nitrogen and oxygen atoms in total. The number of imidazole rings is 1. The summed E-state index contributed by atoms with van der Waals surface area (Å²) in [5, 5.41) is 11.0. The predicted molar refractivity (Wildman–Crippen MR) is 50.6 cm³/mol. The van der Waals surface area contributed by atoms with Crippen molar-refractivity contribution in [3.05, 3.63) is 17.7 Å². The molecular formula is C9H11N3O2. The minimum Gasteiger partial charge on any atom is -0.395 e. The van der Waals surface area contributed by atoms with E-state index in [2.05, 4.69) is 16.2 Å². The van der Waals surface area contributed by atoms with Crippen LogP contribution in [0.15, 0.2) is 6.20 Å². The quantitative estimate of drug-likeness (QED) is 0.613. The first-order valence-corrected chi connectivity index (χ1v) is 4.08. The van der Waals surface area contributed by atoms with Crippen LogP contribution in [0.1, 0.15) is 16.3 Å². The summed E-state index contributed by atoms with van der Waals surface area (Å²) in [6, 6.07) is 0. The van der Waals surface area contributed by atoms with Gasteiger partial charge < -0.3 is 15.0 Å². The molecule has 0 aliphatic rings. The molecule has 1 rings (SSSR count). The fourth-order valence-corrected chi connectivity index (χ4v) is 1.00. The van der Waals surface area contributed by atoms with E-state index in [0.717, 1.165) is 0 Å². The third kappa shape index (κ3) is 1.92. The number of aliphatic hydroxyl groups is 1. The Bertz CT molecular complexity index is 376. The fraction of sp³-hybridized carbons (Fsp3) is 0.333. The molecule has 0 aliphatic heterocycles. The van der Waals surface area contributed by atoms with Gasteiger partial charge >= 0.3 is 0 Å². The predicted octanol–water partition coefficient (Wildman–Crippen LogP) is -0.877. The molecular weight excluding hydrogens is 182 g/mol. The first-order chi connectivity index (χ1) is 6.70. The summed E-state index contributed by atoms with van der Waals surface area (Å²) in [6.07, 6.45) is 6.63. The summed E-state index contributed by atoms with van der Waals surface area (Å²) in [7, 11) is 1.66. The molecule has 74 valence electrons. The monoisotopic (exact) mass is 193 g/mol. The third-order valence-electron chi connectivity index (χ3n) is 1.74. The average molecular weight is 193 g/mol. The van der Waals surface area contributed by atoms with E-state index in [-0.39, 0.29) is 24.9 Å². The summed E-state index contributed by atoms with van der Waals surface area (Å²) >= 11 is 0. The Kier molecular flexibility index (Phi) is 3.26. The van der Waals surface area contributed by atoms with Crippen LogP contribution in [-0.4, -0.2) is 33.7 Å². The number of carbonyl (C=O) groups excluding carboxylic acids is 1. The third-order valence-corrected chi connectivity index (χ3v) is 1.74. The minimum atomic E-state index is -0.344. The van der Waals surface area contributed by atoms with Gasteiger partial charge in [-0.05, 0) is 0 Å². The van der Waals surface area contributed by atoms with Crippen molar-refractivity contribution in [2.45, 2.75) is 0 Å². The summed E-state index contributed by atoms with van der Waals surface area (Å²) in [6.45, 7) is 0.106. The number of hydrogen-bond donors (Lipinski definition) is 2. The lowest BCUT2D eigenvalue weighted by atomic mass is 10.5. The molecule has 0 saturated heterocycles. The van der Waals surface area contributed by atoms with Gasteiger partial charge in [0, 0.05) is 13.6 Å². The van der Waals surface area contributed by atoms with Crippen molar-refractivity contribution in [1.82, 2.24) is 14.9 Å². The molecule has 1 heterocycles. The number of nitrogens with zero attached hydrogens (tertiary/aromatic N) is 2. The number of rotatable bonds is 3. The maximum absolute atomic E-state index is 11.4. The maximum atomic E-state index is 11.4. The van der Waals surface area contributed by atoms with Crippen LogP contribution < -0.4 is 5.32 Å². The first-order valence-electron chi connectivity index (χ1n) is 4.08. The smallest absolute Gasteiger partial charge is 0.287 e. The van der Waals surface area contributed by atoms with Crippen molar-refractivity contribution >= 4 is 5.91 Å². The minimum absolute atomic E-state index is 0.0990. The molecule has 0 aromatic carbocycles. The number of aromatic nitrogens is 2. The number of terminal acetylenes is 1. The van der Waals surface area contributed by atoms with Gasteiger partial charge in [-0.1, -0.05) is 5.92 Å². The highest BCUT2D eigenvalue weighted by molar-refractivity contribution is 5.90. The fourth-order valence-electron chi connectivity index (χ4n) is 1.00.